The van der Waals surface area contributed by atoms with Crippen molar-refractivity contribution < 1.29 is 9.59 Å². The molecule has 2 aliphatic carbocycles. The number of aromatic amines is 1. The minimum Gasteiger partial charge on any atom is -0.361 e. The largest absolute Gasteiger partial charge is 0.361 e. The lowest BCUT2D eigenvalue weighted by molar-refractivity contribution is -0.140. The second-order valence-corrected chi connectivity index (χ2v) is 8.98. The fourth-order valence-electron chi connectivity index (χ4n) is 5.61. The zero-order valence-corrected chi connectivity index (χ0v) is 18.5. The van der Waals surface area contributed by atoms with Gasteiger partial charge in [-0.25, -0.2) is 0 Å². The number of fused-ring (bicyclic) bond motifs is 6. The van der Waals surface area contributed by atoms with Crippen molar-refractivity contribution in [3.05, 3.63) is 48.2 Å². The number of para-hydroxylation sites is 1. The molecular weight excluding hydrogens is 402 g/mol. The van der Waals surface area contributed by atoms with Gasteiger partial charge in [-0.1, -0.05) is 30.4 Å². The summed E-state index contributed by atoms with van der Waals surface area (Å²) in [6.45, 7) is 4.39. The van der Waals surface area contributed by atoms with Crippen LogP contribution in [0, 0.1) is 23.7 Å². The van der Waals surface area contributed by atoms with Gasteiger partial charge in [-0.2, -0.15) is 0 Å². The Morgan fingerprint density at radius 3 is 2.62 bits per heavy atom. The fraction of sp³-hybridized carbons (Fsp3) is 0.480. The molecule has 2 amide bonds. The van der Waals surface area contributed by atoms with Crippen molar-refractivity contribution in [2.24, 2.45) is 28.7 Å². The van der Waals surface area contributed by atoms with Crippen molar-refractivity contribution in [3.8, 4) is 0 Å². The molecule has 168 valence electrons. The molecular formula is C25H31N5O2. The summed E-state index contributed by atoms with van der Waals surface area (Å²) in [7, 11) is 0. The quantitative estimate of drug-likeness (QED) is 0.196. The van der Waals surface area contributed by atoms with Crippen LogP contribution in [0.25, 0.3) is 10.9 Å². The van der Waals surface area contributed by atoms with Gasteiger partial charge < -0.3 is 15.6 Å². The number of imide groups is 1. The summed E-state index contributed by atoms with van der Waals surface area (Å²) in [5.41, 5.74) is 2.48. The molecule has 0 spiro atoms. The van der Waals surface area contributed by atoms with E-state index in [1.165, 1.54) is 21.4 Å². The van der Waals surface area contributed by atoms with Crippen molar-refractivity contribution in [2.45, 2.75) is 26.2 Å². The van der Waals surface area contributed by atoms with Crippen LogP contribution in [0.5, 0.6) is 0 Å². The molecule has 5 rings (SSSR count). The Balaban J connectivity index is 1.11. The van der Waals surface area contributed by atoms with Gasteiger partial charge >= 0.3 is 0 Å². The molecule has 1 saturated heterocycles. The number of carbonyl (C=O) groups excluding carboxylic acids is 2. The third-order valence-electron chi connectivity index (χ3n) is 7.08. The highest BCUT2D eigenvalue weighted by molar-refractivity contribution is 6.06. The molecule has 2 fully saturated rings. The highest BCUT2D eigenvalue weighted by Crippen LogP contribution is 2.52. The Kier molecular flexibility index (Phi) is 5.72. The number of hydrogen-bond acceptors (Lipinski definition) is 3. The molecule has 1 saturated carbocycles. The van der Waals surface area contributed by atoms with E-state index in [0.29, 0.717) is 19.6 Å². The summed E-state index contributed by atoms with van der Waals surface area (Å²) in [6, 6.07) is 8.34. The van der Waals surface area contributed by atoms with Gasteiger partial charge in [0, 0.05) is 43.3 Å². The molecule has 4 atom stereocenters. The SMILES string of the molecule is CCNC(=NCCCc1c[nH]c2ccccc12)NCCN1C(=O)C2C3C=CC(C3)C2C1=O. The number of allylic oxidation sites excluding steroid dienone is 2. The number of aryl methyl sites for hydroxylation is 1. The molecule has 2 heterocycles. The Morgan fingerprint density at radius 2 is 1.88 bits per heavy atom. The molecule has 1 aromatic carbocycles. The third kappa shape index (κ3) is 3.70. The molecule has 3 aliphatic rings. The first kappa shape index (κ1) is 20.8. The highest BCUT2D eigenvalue weighted by atomic mass is 16.2. The van der Waals surface area contributed by atoms with Crippen molar-refractivity contribution in [1.82, 2.24) is 20.5 Å². The number of hydrogen-bond donors (Lipinski definition) is 3. The Morgan fingerprint density at radius 1 is 1.12 bits per heavy atom. The number of carbonyl (C=O) groups is 2. The Bertz CT molecular complexity index is 1040. The number of nitrogens with zero attached hydrogens (tertiary/aromatic N) is 2. The summed E-state index contributed by atoms with van der Waals surface area (Å²) in [5, 5.41) is 7.81. The van der Waals surface area contributed by atoms with E-state index < -0.39 is 0 Å². The second kappa shape index (κ2) is 8.81. The molecule has 3 N–H and O–H groups in total. The molecule has 2 aromatic rings. The predicted octanol–water partition coefficient (Wildman–Crippen LogP) is 2.46. The Labute approximate surface area is 188 Å². The van der Waals surface area contributed by atoms with E-state index in [4.69, 9.17) is 0 Å². The van der Waals surface area contributed by atoms with Gasteiger partial charge in [-0.3, -0.25) is 19.5 Å². The van der Waals surface area contributed by atoms with Crippen molar-refractivity contribution in [2.75, 3.05) is 26.2 Å². The fourth-order valence-corrected chi connectivity index (χ4v) is 5.61. The monoisotopic (exact) mass is 433 g/mol. The number of guanidine groups is 1. The van der Waals surface area contributed by atoms with E-state index >= 15 is 0 Å². The lowest BCUT2D eigenvalue weighted by Gasteiger charge is -2.18. The van der Waals surface area contributed by atoms with Crippen LogP contribution < -0.4 is 10.6 Å². The second-order valence-electron chi connectivity index (χ2n) is 8.98. The molecule has 7 nitrogen and oxygen atoms in total. The standard InChI is InChI=1S/C25H31N5O2/c1-2-26-25(27-11-5-6-18-15-29-20-8-4-3-7-19(18)20)28-12-13-30-23(31)21-16-9-10-17(14-16)22(21)24(30)32/h3-4,7-10,15-17,21-22,29H,2,5-6,11-14H2,1H3,(H2,26,27,28). The number of aromatic nitrogens is 1. The molecule has 32 heavy (non-hydrogen) atoms. The van der Waals surface area contributed by atoms with Crippen LogP contribution in [0.4, 0.5) is 0 Å². The molecule has 4 unspecified atom stereocenters. The van der Waals surface area contributed by atoms with Crippen molar-refractivity contribution >= 4 is 28.7 Å². The maximum absolute atomic E-state index is 12.8. The lowest BCUT2D eigenvalue weighted by atomic mass is 9.85. The molecule has 1 aliphatic heterocycles. The van der Waals surface area contributed by atoms with Crippen molar-refractivity contribution in [3.63, 3.8) is 0 Å². The van der Waals surface area contributed by atoms with E-state index in [-0.39, 0.29) is 35.5 Å². The number of aliphatic imine (C=N–C) groups is 1. The predicted molar refractivity (Wildman–Crippen MR) is 125 cm³/mol. The summed E-state index contributed by atoms with van der Waals surface area (Å²) >= 11 is 0. The van der Waals surface area contributed by atoms with Gasteiger partial charge in [-0.15, -0.1) is 0 Å². The van der Waals surface area contributed by atoms with Crippen LogP contribution >= 0.6 is 0 Å². The van der Waals surface area contributed by atoms with E-state index in [2.05, 4.69) is 57.2 Å². The number of nitrogens with one attached hydrogen (secondary N) is 3. The Hall–Kier alpha value is -3.09. The summed E-state index contributed by atoms with van der Waals surface area (Å²) in [6.07, 6.45) is 9.22. The normalized spacial score (nSPS) is 26.4. The van der Waals surface area contributed by atoms with Crippen LogP contribution in [-0.2, 0) is 16.0 Å². The van der Waals surface area contributed by atoms with E-state index in [1.807, 2.05) is 13.0 Å². The molecule has 7 heteroatoms. The maximum atomic E-state index is 12.8. The number of H-pyrrole nitrogens is 1. The van der Waals surface area contributed by atoms with Gasteiger partial charge in [0.25, 0.3) is 0 Å². The zero-order valence-electron chi connectivity index (χ0n) is 18.5. The van der Waals surface area contributed by atoms with Gasteiger partial charge in [0.1, 0.15) is 0 Å². The topological polar surface area (TPSA) is 89.6 Å². The van der Waals surface area contributed by atoms with Gasteiger partial charge in [0.15, 0.2) is 5.96 Å². The van der Waals surface area contributed by atoms with Crippen LogP contribution in [0.2, 0.25) is 0 Å². The average molecular weight is 434 g/mol. The van der Waals surface area contributed by atoms with E-state index in [0.717, 1.165) is 31.8 Å². The summed E-state index contributed by atoms with van der Waals surface area (Å²) in [4.78, 5) is 35.1. The van der Waals surface area contributed by atoms with Gasteiger partial charge in [0.2, 0.25) is 11.8 Å². The van der Waals surface area contributed by atoms with Crippen LogP contribution in [-0.4, -0.2) is 53.8 Å². The van der Waals surface area contributed by atoms with Crippen molar-refractivity contribution in [1.29, 1.82) is 0 Å². The van der Waals surface area contributed by atoms with E-state index in [9.17, 15) is 9.59 Å². The first-order valence-electron chi connectivity index (χ1n) is 11.8. The van der Waals surface area contributed by atoms with E-state index in [1.54, 1.807) is 0 Å². The number of benzene rings is 1. The highest BCUT2D eigenvalue weighted by Gasteiger charge is 2.58. The summed E-state index contributed by atoms with van der Waals surface area (Å²) < 4.78 is 0. The lowest BCUT2D eigenvalue weighted by Crippen LogP contribution is -2.43. The van der Waals surface area contributed by atoms with Crippen LogP contribution in [0.15, 0.2) is 47.6 Å². The van der Waals surface area contributed by atoms with Crippen LogP contribution in [0.3, 0.4) is 0 Å². The number of rotatable bonds is 8. The number of amides is 2. The van der Waals surface area contributed by atoms with Gasteiger partial charge in [-0.05, 0) is 49.7 Å². The smallest absolute Gasteiger partial charge is 0.233 e. The maximum Gasteiger partial charge on any atom is 0.233 e. The minimum absolute atomic E-state index is 0.0133. The average Bonchev–Trinajstić information content (AvgIpc) is 3.56. The summed E-state index contributed by atoms with van der Waals surface area (Å²) in [5.74, 6) is 1.03. The first-order chi connectivity index (χ1) is 15.7. The molecule has 1 aromatic heterocycles. The molecule has 0 radical (unpaired) electrons. The van der Waals surface area contributed by atoms with Gasteiger partial charge in [0.05, 0.1) is 11.8 Å². The van der Waals surface area contributed by atoms with Crippen LogP contribution in [0.1, 0.15) is 25.3 Å². The first-order valence-corrected chi connectivity index (χ1v) is 11.8. The third-order valence-corrected chi connectivity index (χ3v) is 7.08. The minimum atomic E-state index is -0.121. The zero-order chi connectivity index (χ0) is 22.1. The number of likely N-dealkylation sites (tertiary alicyclic amines) is 1. The molecule has 2 bridgehead atoms.